The van der Waals surface area contributed by atoms with Gasteiger partial charge in [0.2, 0.25) is 0 Å². The molecule has 0 aromatic carbocycles. The molecule has 3 nitrogen and oxygen atoms in total. The number of hydrogen-bond acceptors (Lipinski definition) is 3. The lowest BCUT2D eigenvalue weighted by atomic mass is 10.1. The van der Waals surface area contributed by atoms with E-state index < -0.39 is 9.84 Å². The first-order valence-corrected chi connectivity index (χ1v) is 6.82. The van der Waals surface area contributed by atoms with Gasteiger partial charge in [-0.1, -0.05) is 13.3 Å². The minimum Gasteiger partial charge on any atom is -0.310 e. The van der Waals surface area contributed by atoms with Crippen molar-refractivity contribution in [3.05, 3.63) is 0 Å². The Bertz CT molecular complexity index is 248. The summed E-state index contributed by atoms with van der Waals surface area (Å²) in [7, 11) is -2.72. The molecule has 0 aromatic rings. The summed E-state index contributed by atoms with van der Waals surface area (Å²) >= 11 is 0. The Morgan fingerprint density at radius 2 is 2.23 bits per heavy atom. The van der Waals surface area contributed by atoms with Crippen molar-refractivity contribution < 1.29 is 8.42 Å². The molecule has 78 valence electrons. The topological polar surface area (TPSA) is 46.2 Å². The molecule has 1 heterocycles. The molecule has 1 fully saturated rings. The molecule has 13 heavy (non-hydrogen) atoms. The fourth-order valence-electron chi connectivity index (χ4n) is 1.85. The molecular formula is C9H19NO2S. The lowest BCUT2D eigenvalue weighted by Crippen LogP contribution is -2.37. The third-order valence-electron chi connectivity index (χ3n) is 2.47. The molecular weight excluding hydrogens is 186 g/mol. The van der Waals surface area contributed by atoms with Crippen LogP contribution in [0.4, 0.5) is 0 Å². The molecule has 1 rings (SSSR count). The van der Waals surface area contributed by atoms with Gasteiger partial charge < -0.3 is 5.32 Å². The number of hydrogen-bond donors (Lipinski definition) is 1. The van der Waals surface area contributed by atoms with E-state index >= 15 is 0 Å². The van der Waals surface area contributed by atoms with Crippen molar-refractivity contribution in [2.24, 2.45) is 0 Å². The Morgan fingerprint density at radius 1 is 1.54 bits per heavy atom. The zero-order chi connectivity index (χ0) is 9.90. The molecule has 1 N–H and O–H groups in total. The van der Waals surface area contributed by atoms with E-state index in [1.165, 1.54) is 0 Å². The number of sulfone groups is 1. The van der Waals surface area contributed by atoms with Gasteiger partial charge in [-0.05, 0) is 19.8 Å². The van der Waals surface area contributed by atoms with Crippen LogP contribution < -0.4 is 5.32 Å². The predicted molar refractivity (Wildman–Crippen MR) is 54.6 cm³/mol. The SMILES string of the molecule is CCC[C@H](C)N[C@@H]1CCS(=O)(=O)C1. The van der Waals surface area contributed by atoms with Gasteiger partial charge in [0.05, 0.1) is 11.5 Å². The monoisotopic (exact) mass is 205 g/mol. The highest BCUT2D eigenvalue weighted by Crippen LogP contribution is 2.12. The lowest BCUT2D eigenvalue weighted by Gasteiger charge is -2.17. The highest BCUT2D eigenvalue weighted by atomic mass is 32.2. The fourth-order valence-corrected chi connectivity index (χ4v) is 3.53. The Kier molecular flexibility index (Phi) is 3.74. The summed E-state index contributed by atoms with van der Waals surface area (Å²) in [5, 5.41) is 3.36. The maximum Gasteiger partial charge on any atom is 0.151 e. The molecule has 0 aromatic heterocycles. The van der Waals surface area contributed by atoms with Crippen LogP contribution in [-0.4, -0.2) is 32.0 Å². The van der Waals surface area contributed by atoms with Gasteiger partial charge in [-0.3, -0.25) is 0 Å². The Labute approximate surface area is 80.8 Å². The molecule has 0 bridgehead atoms. The molecule has 1 aliphatic heterocycles. The van der Waals surface area contributed by atoms with Crippen LogP contribution in [0.1, 0.15) is 33.1 Å². The average Bonchev–Trinajstić information content (AvgIpc) is 2.30. The summed E-state index contributed by atoms with van der Waals surface area (Å²) in [4.78, 5) is 0. The van der Waals surface area contributed by atoms with Crippen LogP contribution in [-0.2, 0) is 9.84 Å². The summed E-state index contributed by atoms with van der Waals surface area (Å²) in [5.74, 6) is 0.699. The van der Waals surface area contributed by atoms with Crippen LogP contribution in [0.3, 0.4) is 0 Å². The summed E-state index contributed by atoms with van der Waals surface area (Å²) in [6, 6.07) is 0.648. The largest absolute Gasteiger partial charge is 0.310 e. The third kappa shape index (κ3) is 3.65. The Morgan fingerprint density at radius 3 is 2.69 bits per heavy atom. The maximum absolute atomic E-state index is 11.1. The van der Waals surface area contributed by atoms with E-state index in [0.717, 1.165) is 19.3 Å². The third-order valence-corrected chi connectivity index (χ3v) is 4.24. The molecule has 0 saturated carbocycles. The van der Waals surface area contributed by atoms with Crippen molar-refractivity contribution in [2.75, 3.05) is 11.5 Å². The van der Waals surface area contributed by atoms with Gasteiger partial charge in [0.15, 0.2) is 9.84 Å². The maximum atomic E-state index is 11.1. The quantitative estimate of drug-likeness (QED) is 0.743. The highest BCUT2D eigenvalue weighted by molar-refractivity contribution is 7.91. The smallest absolute Gasteiger partial charge is 0.151 e. The molecule has 1 saturated heterocycles. The second kappa shape index (κ2) is 4.42. The molecule has 1 aliphatic rings. The van der Waals surface area contributed by atoms with Gasteiger partial charge >= 0.3 is 0 Å². The van der Waals surface area contributed by atoms with E-state index in [1.807, 2.05) is 0 Å². The van der Waals surface area contributed by atoms with Crippen molar-refractivity contribution in [1.29, 1.82) is 0 Å². The van der Waals surface area contributed by atoms with Crippen LogP contribution in [0.2, 0.25) is 0 Å². The second-order valence-electron chi connectivity index (χ2n) is 3.96. The molecule has 2 atom stereocenters. The summed E-state index contributed by atoms with van der Waals surface area (Å²) in [6.45, 7) is 4.26. The molecule has 0 spiro atoms. The van der Waals surface area contributed by atoms with E-state index in [-0.39, 0.29) is 6.04 Å². The summed E-state index contributed by atoms with van der Waals surface area (Å²) in [5.41, 5.74) is 0. The standard InChI is InChI=1S/C9H19NO2S/c1-3-4-8(2)10-9-5-6-13(11,12)7-9/h8-10H,3-7H2,1-2H3/t8-,9+/m0/s1. The van der Waals surface area contributed by atoms with E-state index in [0.29, 0.717) is 17.5 Å². The van der Waals surface area contributed by atoms with Gasteiger partial charge in [0.1, 0.15) is 0 Å². The first-order chi connectivity index (χ1) is 6.03. The minimum absolute atomic E-state index is 0.201. The van der Waals surface area contributed by atoms with Crippen molar-refractivity contribution >= 4 is 9.84 Å². The van der Waals surface area contributed by atoms with Crippen molar-refractivity contribution in [1.82, 2.24) is 5.32 Å². The predicted octanol–water partition coefficient (Wildman–Crippen LogP) is 0.952. The van der Waals surface area contributed by atoms with Gasteiger partial charge in [-0.25, -0.2) is 8.42 Å². The molecule has 0 radical (unpaired) electrons. The highest BCUT2D eigenvalue weighted by Gasteiger charge is 2.28. The van der Waals surface area contributed by atoms with Gasteiger partial charge in [0, 0.05) is 12.1 Å². The van der Waals surface area contributed by atoms with Crippen LogP contribution in [0, 0.1) is 0 Å². The zero-order valence-corrected chi connectivity index (χ0v) is 9.23. The average molecular weight is 205 g/mol. The van der Waals surface area contributed by atoms with Crippen LogP contribution in [0.15, 0.2) is 0 Å². The van der Waals surface area contributed by atoms with E-state index in [1.54, 1.807) is 0 Å². The van der Waals surface area contributed by atoms with Gasteiger partial charge in [-0.15, -0.1) is 0 Å². The first kappa shape index (κ1) is 11.0. The Balaban J connectivity index is 2.32. The molecule has 0 amide bonds. The minimum atomic E-state index is -2.72. The second-order valence-corrected chi connectivity index (χ2v) is 6.19. The van der Waals surface area contributed by atoms with E-state index in [9.17, 15) is 8.42 Å². The van der Waals surface area contributed by atoms with Crippen LogP contribution in [0.25, 0.3) is 0 Å². The summed E-state index contributed by atoms with van der Waals surface area (Å²) in [6.07, 6.45) is 3.06. The van der Waals surface area contributed by atoms with Crippen molar-refractivity contribution in [2.45, 2.75) is 45.2 Å². The first-order valence-electron chi connectivity index (χ1n) is 5.00. The van der Waals surface area contributed by atoms with E-state index in [2.05, 4.69) is 19.2 Å². The molecule has 0 unspecified atom stereocenters. The Hall–Kier alpha value is -0.0900. The number of rotatable bonds is 4. The van der Waals surface area contributed by atoms with Gasteiger partial charge in [0.25, 0.3) is 0 Å². The zero-order valence-electron chi connectivity index (χ0n) is 8.41. The normalized spacial score (nSPS) is 28.9. The van der Waals surface area contributed by atoms with Crippen molar-refractivity contribution in [3.63, 3.8) is 0 Å². The van der Waals surface area contributed by atoms with E-state index in [4.69, 9.17) is 0 Å². The summed E-state index contributed by atoms with van der Waals surface area (Å²) < 4.78 is 22.3. The fraction of sp³-hybridized carbons (Fsp3) is 1.00. The van der Waals surface area contributed by atoms with Gasteiger partial charge in [-0.2, -0.15) is 0 Å². The number of nitrogens with one attached hydrogen (secondary N) is 1. The van der Waals surface area contributed by atoms with Crippen molar-refractivity contribution in [3.8, 4) is 0 Å². The van der Waals surface area contributed by atoms with Crippen LogP contribution in [0.5, 0.6) is 0 Å². The molecule has 0 aliphatic carbocycles. The molecule has 4 heteroatoms. The lowest BCUT2D eigenvalue weighted by molar-refractivity contribution is 0.447. The van der Waals surface area contributed by atoms with Crippen LogP contribution >= 0.6 is 0 Å².